The highest BCUT2D eigenvalue weighted by Crippen LogP contribution is 2.40. The molecule has 0 aliphatic carbocycles. The summed E-state index contributed by atoms with van der Waals surface area (Å²) in [7, 11) is 1.95. The normalized spacial score (nSPS) is 20.3. The number of halogens is 3. The largest absolute Gasteiger partial charge is 0.490 e. The molecule has 0 radical (unpaired) electrons. The molecule has 2 aliphatic rings. The van der Waals surface area contributed by atoms with E-state index in [0.717, 1.165) is 49.1 Å². The number of likely N-dealkylation sites (tertiary alicyclic amines) is 2. The van der Waals surface area contributed by atoms with E-state index in [4.69, 9.17) is 9.90 Å². The lowest BCUT2D eigenvalue weighted by molar-refractivity contribution is -0.192. The summed E-state index contributed by atoms with van der Waals surface area (Å²) in [6, 6.07) is 8.18. The average Bonchev–Trinajstić information content (AvgIpc) is 3.51. The fraction of sp³-hybridized carbons (Fsp3) is 0.435. The minimum absolute atomic E-state index is 0.172. The molecule has 1 atom stereocenters. The fourth-order valence-electron chi connectivity index (χ4n) is 4.69. The van der Waals surface area contributed by atoms with Crippen LogP contribution in [0.3, 0.4) is 0 Å². The van der Waals surface area contributed by atoms with E-state index in [1.807, 2.05) is 36.3 Å². The van der Waals surface area contributed by atoms with Gasteiger partial charge in [0.25, 0.3) is 0 Å². The second-order valence-electron chi connectivity index (χ2n) is 8.82. The Labute approximate surface area is 193 Å². The van der Waals surface area contributed by atoms with Gasteiger partial charge in [-0.1, -0.05) is 18.2 Å². The Bertz CT molecular complexity index is 1190. The third-order valence-electron chi connectivity index (χ3n) is 6.59. The van der Waals surface area contributed by atoms with Gasteiger partial charge < -0.3 is 15.0 Å². The lowest BCUT2D eigenvalue weighted by Crippen LogP contribution is -2.60. The summed E-state index contributed by atoms with van der Waals surface area (Å²) < 4.78 is 33.6. The topological polar surface area (TPSA) is 94.5 Å². The number of aryl methyl sites for hydroxylation is 1. The average molecular weight is 477 g/mol. The molecule has 34 heavy (non-hydrogen) atoms. The van der Waals surface area contributed by atoms with Crippen molar-refractivity contribution in [2.24, 2.45) is 7.05 Å². The van der Waals surface area contributed by atoms with Gasteiger partial charge in [-0.2, -0.15) is 18.3 Å². The number of hydrogen-bond acceptors (Lipinski definition) is 4. The monoisotopic (exact) mass is 477 g/mol. The van der Waals surface area contributed by atoms with E-state index in [9.17, 15) is 18.0 Å². The lowest BCUT2D eigenvalue weighted by atomic mass is 9.83. The van der Waals surface area contributed by atoms with Crippen molar-refractivity contribution in [1.82, 2.24) is 24.6 Å². The van der Waals surface area contributed by atoms with Crippen LogP contribution >= 0.6 is 0 Å². The van der Waals surface area contributed by atoms with E-state index >= 15 is 0 Å². The Balaban J connectivity index is 0.000000344. The highest BCUT2D eigenvalue weighted by molar-refractivity contribution is 5.89. The zero-order valence-corrected chi connectivity index (χ0v) is 18.7. The van der Waals surface area contributed by atoms with Gasteiger partial charge in [0.15, 0.2) is 0 Å². The van der Waals surface area contributed by atoms with Crippen LogP contribution in [0.5, 0.6) is 0 Å². The van der Waals surface area contributed by atoms with Crippen molar-refractivity contribution in [2.45, 2.75) is 37.5 Å². The molecule has 2 N–H and O–H groups in total. The van der Waals surface area contributed by atoms with E-state index in [-0.39, 0.29) is 11.4 Å². The minimum atomic E-state index is -5.08. The first-order valence-electron chi connectivity index (χ1n) is 10.9. The molecule has 1 unspecified atom stereocenters. The Morgan fingerprint density at radius 1 is 1.21 bits per heavy atom. The number of nitrogens with one attached hydrogen (secondary N) is 1. The highest BCUT2D eigenvalue weighted by Gasteiger charge is 2.49. The fourth-order valence-corrected chi connectivity index (χ4v) is 4.69. The maximum atomic E-state index is 12.9. The molecule has 2 aliphatic heterocycles. The number of carboxylic acid groups (broad SMARTS) is 1. The number of alkyl halides is 3. The van der Waals surface area contributed by atoms with Crippen molar-refractivity contribution in [3.63, 3.8) is 0 Å². The van der Waals surface area contributed by atoms with Crippen molar-refractivity contribution in [1.29, 1.82) is 0 Å². The van der Waals surface area contributed by atoms with Gasteiger partial charge in [0, 0.05) is 67.6 Å². The summed E-state index contributed by atoms with van der Waals surface area (Å²) in [5.74, 6) is -2.52. The van der Waals surface area contributed by atoms with Crippen molar-refractivity contribution in [3.8, 4) is 0 Å². The van der Waals surface area contributed by atoms with E-state index in [1.54, 1.807) is 0 Å². The van der Waals surface area contributed by atoms with Crippen molar-refractivity contribution < 1.29 is 27.9 Å². The summed E-state index contributed by atoms with van der Waals surface area (Å²) in [5.41, 5.74) is 3.61. The number of nitrogens with zero attached hydrogens (tertiary/aromatic N) is 4. The van der Waals surface area contributed by atoms with Gasteiger partial charge >= 0.3 is 12.1 Å². The summed E-state index contributed by atoms with van der Waals surface area (Å²) in [6.45, 7) is 3.76. The first kappa shape index (κ1) is 23.8. The van der Waals surface area contributed by atoms with E-state index in [1.165, 1.54) is 12.0 Å². The molecule has 182 valence electrons. The van der Waals surface area contributed by atoms with Gasteiger partial charge in [-0.05, 0) is 24.5 Å². The van der Waals surface area contributed by atoms with Gasteiger partial charge in [-0.15, -0.1) is 0 Å². The van der Waals surface area contributed by atoms with Crippen molar-refractivity contribution in [3.05, 3.63) is 54.0 Å². The molecule has 11 heteroatoms. The smallest absolute Gasteiger partial charge is 0.475 e. The molecule has 3 aromatic rings. The predicted octanol–water partition coefficient (Wildman–Crippen LogP) is 2.95. The molecule has 2 aromatic heterocycles. The molecular formula is C23H26F3N5O3. The van der Waals surface area contributed by atoms with Crippen LogP contribution in [0.1, 0.15) is 24.0 Å². The molecule has 2 saturated heterocycles. The van der Waals surface area contributed by atoms with Gasteiger partial charge in [-0.25, -0.2) is 4.79 Å². The Kier molecular flexibility index (Phi) is 6.39. The number of benzene rings is 1. The lowest BCUT2D eigenvalue weighted by Gasteiger charge is -2.50. The Morgan fingerprint density at radius 3 is 2.53 bits per heavy atom. The maximum absolute atomic E-state index is 12.9. The number of carbonyl (C=O) groups is 2. The van der Waals surface area contributed by atoms with Crippen LogP contribution in [0.25, 0.3) is 10.9 Å². The number of H-pyrrole nitrogens is 1. The molecular weight excluding hydrogens is 451 g/mol. The number of carboxylic acids is 1. The van der Waals surface area contributed by atoms with Gasteiger partial charge in [0.1, 0.15) is 0 Å². The molecule has 4 heterocycles. The quantitative estimate of drug-likeness (QED) is 0.603. The van der Waals surface area contributed by atoms with Crippen molar-refractivity contribution in [2.75, 3.05) is 19.6 Å². The Hall–Kier alpha value is -3.34. The van der Waals surface area contributed by atoms with E-state index in [2.05, 4.69) is 38.2 Å². The molecule has 1 aromatic carbocycles. The minimum Gasteiger partial charge on any atom is -0.475 e. The van der Waals surface area contributed by atoms with Gasteiger partial charge in [-0.3, -0.25) is 14.4 Å². The number of aromatic nitrogens is 3. The van der Waals surface area contributed by atoms with Crippen LogP contribution in [0.2, 0.25) is 0 Å². The number of aromatic amines is 1. The van der Waals surface area contributed by atoms with Crippen LogP contribution in [-0.2, 0) is 29.6 Å². The number of para-hydroxylation sites is 1. The summed E-state index contributed by atoms with van der Waals surface area (Å²) in [5, 5.41) is 12.6. The predicted molar refractivity (Wildman–Crippen MR) is 118 cm³/mol. The molecule has 2 fully saturated rings. The second-order valence-corrected chi connectivity index (χ2v) is 8.82. The van der Waals surface area contributed by atoms with Crippen LogP contribution in [0.15, 0.2) is 42.9 Å². The zero-order chi connectivity index (χ0) is 24.5. The standard InChI is InChI=1S/C21H25N5O.C2HF3O2/c1-24-13-16(11-23-24)14-26-9-7-21(26)6-8-25(15-21)20(27)10-17-12-22-19-5-3-2-4-18(17)19;3-2(4,5)1(6)7/h2-5,11-13,22H,6-10,14-15H2,1H3;(H,6,7). The van der Waals surface area contributed by atoms with Crippen LogP contribution in [0, 0.1) is 0 Å². The third-order valence-corrected chi connectivity index (χ3v) is 6.59. The number of rotatable bonds is 4. The van der Waals surface area contributed by atoms with Gasteiger partial charge in [0.2, 0.25) is 5.91 Å². The summed E-state index contributed by atoms with van der Waals surface area (Å²) >= 11 is 0. The number of carbonyl (C=O) groups excluding carboxylic acids is 1. The van der Waals surface area contributed by atoms with Crippen molar-refractivity contribution >= 4 is 22.8 Å². The molecule has 8 nitrogen and oxygen atoms in total. The van der Waals surface area contributed by atoms with Crippen LogP contribution in [0.4, 0.5) is 13.2 Å². The SMILES string of the molecule is Cn1cc(CN2CCC23CCN(C(=O)Cc2c[nH]c4ccccc24)C3)cn1.O=C(O)C(F)(F)F. The number of fused-ring (bicyclic) bond motifs is 1. The zero-order valence-electron chi connectivity index (χ0n) is 18.7. The molecule has 0 bridgehead atoms. The van der Waals surface area contributed by atoms with E-state index < -0.39 is 12.1 Å². The highest BCUT2D eigenvalue weighted by atomic mass is 19.4. The van der Waals surface area contributed by atoms with Crippen LogP contribution < -0.4 is 0 Å². The molecule has 0 saturated carbocycles. The van der Waals surface area contributed by atoms with Gasteiger partial charge in [0.05, 0.1) is 12.6 Å². The first-order chi connectivity index (χ1) is 16.1. The molecule has 1 spiro atoms. The first-order valence-corrected chi connectivity index (χ1v) is 10.9. The molecule has 1 amide bonds. The maximum Gasteiger partial charge on any atom is 0.490 e. The summed E-state index contributed by atoms with van der Waals surface area (Å²) in [4.78, 5) is 29.7. The molecule has 5 rings (SSSR count). The number of hydrogen-bond donors (Lipinski definition) is 2. The van der Waals surface area contributed by atoms with E-state index in [0.29, 0.717) is 6.42 Å². The summed E-state index contributed by atoms with van der Waals surface area (Å²) in [6.07, 6.45) is 3.66. The number of amides is 1. The second kappa shape index (κ2) is 9.13. The van der Waals surface area contributed by atoms with Crippen LogP contribution in [-0.4, -0.2) is 72.9 Å². The number of aliphatic carboxylic acids is 1. The Morgan fingerprint density at radius 2 is 1.91 bits per heavy atom. The third kappa shape index (κ3) is 4.93.